The highest BCUT2D eigenvalue weighted by atomic mass is 19.1. The van der Waals surface area contributed by atoms with E-state index in [0.29, 0.717) is 35.2 Å². The maximum atomic E-state index is 15.2. The van der Waals surface area contributed by atoms with Gasteiger partial charge in [-0.05, 0) is 44.9 Å². The zero-order chi connectivity index (χ0) is 22.8. The maximum absolute atomic E-state index is 15.2. The van der Waals surface area contributed by atoms with Crippen LogP contribution in [0.2, 0.25) is 0 Å². The topological polar surface area (TPSA) is 37.7 Å². The first-order valence-corrected chi connectivity index (χ1v) is 12.2. The molecule has 1 aromatic carbocycles. The number of halogens is 1. The Labute approximate surface area is 190 Å². The monoisotopic (exact) mass is 441 g/mol. The van der Waals surface area contributed by atoms with Crippen molar-refractivity contribution in [3.05, 3.63) is 34.4 Å². The van der Waals surface area contributed by atoms with Crippen LogP contribution in [-0.4, -0.2) is 48.3 Å². The molecule has 0 radical (unpaired) electrons. The summed E-state index contributed by atoms with van der Waals surface area (Å²) >= 11 is 0. The second-order valence-electron chi connectivity index (χ2n) is 10.9. The minimum atomic E-state index is -0.326. The molecule has 1 aromatic heterocycles. The normalized spacial score (nSPS) is 29.8. The first kappa shape index (κ1) is 21.7. The molecule has 2 saturated carbocycles. The number of hydrogen-bond donors (Lipinski definition) is 0. The number of fused-ring (bicyclic) bond motifs is 2. The van der Waals surface area contributed by atoms with Crippen LogP contribution in [0.5, 0.6) is 5.75 Å². The Balaban J connectivity index is 1.56. The van der Waals surface area contributed by atoms with Gasteiger partial charge in [-0.3, -0.25) is 4.79 Å². The third-order valence-corrected chi connectivity index (χ3v) is 8.63. The van der Waals surface area contributed by atoms with Gasteiger partial charge < -0.3 is 19.1 Å². The van der Waals surface area contributed by atoms with Crippen LogP contribution in [0.25, 0.3) is 10.9 Å². The molecule has 2 aliphatic carbocycles. The smallest absolute Gasteiger partial charge is 0.231 e. The third kappa shape index (κ3) is 3.17. The van der Waals surface area contributed by atoms with Gasteiger partial charge in [0.05, 0.1) is 22.8 Å². The molecule has 3 fully saturated rings. The average Bonchev–Trinajstić information content (AvgIpc) is 3.23. The lowest BCUT2D eigenvalue weighted by Gasteiger charge is -2.34. The number of anilines is 1. The highest BCUT2D eigenvalue weighted by Gasteiger charge is 2.74. The second-order valence-corrected chi connectivity index (χ2v) is 10.9. The van der Waals surface area contributed by atoms with E-state index in [2.05, 4.69) is 44.5 Å². The van der Waals surface area contributed by atoms with Gasteiger partial charge in [0.1, 0.15) is 11.4 Å². The summed E-state index contributed by atoms with van der Waals surface area (Å²) in [6.07, 6.45) is 5.20. The molecule has 6 heteroatoms. The molecule has 0 amide bonds. The van der Waals surface area contributed by atoms with Crippen molar-refractivity contribution in [2.45, 2.75) is 59.1 Å². The summed E-state index contributed by atoms with van der Waals surface area (Å²) in [5, 5.41) is 0.412. The van der Waals surface area contributed by atoms with Crippen LogP contribution in [0.15, 0.2) is 23.1 Å². The van der Waals surface area contributed by atoms with Crippen molar-refractivity contribution in [1.29, 1.82) is 0 Å². The minimum absolute atomic E-state index is 0.0622. The van der Waals surface area contributed by atoms with Gasteiger partial charge in [-0.2, -0.15) is 0 Å². The molecule has 3 unspecified atom stereocenters. The zero-order valence-corrected chi connectivity index (χ0v) is 20.1. The van der Waals surface area contributed by atoms with Gasteiger partial charge in [-0.15, -0.1) is 0 Å². The average molecular weight is 442 g/mol. The molecule has 3 atom stereocenters. The van der Waals surface area contributed by atoms with E-state index < -0.39 is 0 Å². The van der Waals surface area contributed by atoms with E-state index in [0.717, 1.165) is 44.5 Å². The van der Waals surface area contributed by atoms with Crippen LogP contribution < -0.4 is 15.1 Å². The van der Waals surface area contributed by atoms with Gasteiger partial charge in [-0.25, -0.2) is 4.39 Å². The Morgan fingerprint density at radius 2 is 1.88 bits per heavy atom. The number of likely N-dealkylation sites (N-methyl/N-ethyl adjacent to an activating group) is 1. The van der Waals surface area contributed by atoms with E-state index in [1.807, 2.05) is 16.8 Å². The molecule has 32 heavy (non-hydrogen) atoms. The standard InChI is InChI=1S/C26H36FN3O2/c1-6-29-16-22(32-26-15-17(2)7-8-23(26)25(26,3)4)24(31)18-13-19(27)21(14-20(18)29)30-11-9-28(5)10-12-30/h13-14,16-17,23H,6-12,15H2,1-5H3. The number of aryl methyl sites for hydroxylation is 1. The van der Waals surface area contributed by atoms with Crippen LogP contribution in [-0.2, 0) is 6.54 Å². The molecule has 0 bridgehead atoms. The highest BCUT2D eigenvalue weighted by Crippen LogP contribution is 2.70. The first-order valence-electron chi connectivity index (χ1n) is 12.2. The van der Waals surface area contributed by atoms with E-state index in [1.54, 1.807) is 0 Å². The molecular weight excluding hydrogens is 405 g/mol. The molecule has 0 N–H and O–H groups in total. The predicted octanol–water partition coefficient (Wildman–Crippen LogP) is 4.51. The molecule has 0 spiro atoms. The number of benzene rings is 1. The highest BCUT2D eigenvalue weighted by molar-refractivity contribution is 5.84. The van der Waals surface area contributed by atoms with E-state index >= 15 is 4.39 Å². The van der Waals surface area contributed by atoms with Gasteiger partial charge in [0.2, 0.25) is 5.43 Å². The van der Waals surface area contributed by atoms with Crippen LogP contribution in [0.4, 0.5) is 10.1 Å². The van der Waals surface area contributed by atoms with E-state index in [4.69, 9.17) is 4.74 Å². The SMILES string of the molecule is CCn1cc(OC23CC(C)CCC2C3(C)C)c(=O)c2cc(F)c(N3CCN(C)CC3)cc21. The molecule has 1 aliphatic heterocycles. The molecular formula is C26H36FN3O2. The van der Waals surface area contributed by atoms with Crippen molar-refractivity contribution in [3.63, 3.8) is 0 Å². The lowest BCUT2D eigenvalue weighted by Crippen LogP contribution is -2.44. The molecule has 5 nitrogen and oxygen atoms in total. The lowest BCUT2D eigenvalue weighted by molar-refractivity contribution is 0.0830. The van der Waals surface area contributed by atoms with Crippen LogP contribution in [0, 0.1) is 23.1 Å². The Bertz CT molecular complexity index is 1100. The number of aromatic nitrogens is 1. The van der Waals surface area contributed by atoms with Gasteiger partial charge in [-0.1, -0.05) is 27.2 Å². The Kier molecular flexibility index (Phi) is 5.08. The van der Waals surface area contributed by atoms with Crippen molar-refractivity contribution in [2.24, 2.45) is 17.3 Å². The molecule has 174 valence electrons. The van der Waals surface area contributed by atoms with E-state index in [9.17, 15) is 4.79 Å². The number of hydrogen-bond acceptors (Lipinski definition) is 4. The second kappa shape index (κ2) is 7.47. The summed E-state index contributed by atoms with van der Waals surface area (Å²) in [6.45, 7) is 12.9. The molecule has 1 saturated heterocycles. The zero-order valence-electron chi connectivity index (χ0n) is 20.1. The minimum Gasteiger partial charge on any atom is -0.481 e. The number of ether oxygens (including phenoxy) is 1. The third-order valence-electron chi connectivity index (χ3n) is 8.63. The Hall–Kier alpha value is -2.08. The number of rotatable bonds is 4. The van der Waals surface area contributed by atoms with Gasteiger partial charge in [0.15, 0.2) is 5.75 Å². The summed E-state index contributed by atoms with van der Waals surface area (Å²) in [4.78, 5) is 17.8. The summed E-state index contributed by atoms with van der Waals surface area (Å²) in [7, 11) is 2.09. The quantitative estimate of drug-likeness (QED) is 0.700. The molecule has 3 aliphatic rings. The number of piperazine rings is 1. The van der Waals surface area contributed by atoms with E-state index in [-0.39, 0.29) is 22.3 Å². The molecule has 2 aromatic rings. The Morgan fingerprint density at radius 3 is 2.56 bits per heavy atom. The molecule has 5 rings (SSSR count). The van der Waals surface area contributed by atoms with Crippen molar-refractivity contribution in [3.8, 4) is 5.75 Å². The summed E-state index contributed by atoms with van der Waals surface area (Å²) in [6, 6.07) is 3.29. The Morgan fingerprint density at radius 1 is 1.16 bits per heavy atom. The fourth-order valence-electron chi connectivity index (χ4n) is 6.43. The number of pyridine rings is 1. The van der Waals surface area contributed by atoms with Crippen LogP contribution >= 0.6 is 0 Å². The summed E-state index contributed by atoms with van der Waals surface area (Å²) < 4.78 is 23.9. The van der Waals surface area contributed by atoms with Crippen molar-refractivity contribution < 1.29 is 9.13 Å². The van der Waals surface area contributed by atoms with Crippen LogP contribution in [0.3, 0.4) is 0 Å². The largest absolute Gasteiger partial charge is 0.481 e. The summed E-state index contributed by atoms with van der Waals surface area (Å²) in [5.74, 6) is 1.11. The number of nitrogens with zero attached hydrogens (tertiary/aromatic N) is 3. The lowest BCUT2D eigenvalue weighted by atomic mass is 9.88. The van der Waals surface area contributed by atoms with Crippen molar-refractivity contribution >= 4 is 16.6 Å². The van der Waals surface area contributed by atoms with Gasteiger partial charge in [0, 0.05) is 44.1 Å². The van der Waals surface area contributed by atoms with Crippen LogP contribution in [0.1, 0.15) is 47.0 Å². The van der Waals surface area contributed by atoms with Crippen molar-refractivity contribution in [2.75, 3.05) is 38.1 Å². The van der Waals surface area contributed by atoms with Gasteiger partial charge in [0.25, 0.3) is 0 Å². The van der Waals surface area contributed by atoms with E-state index in [1.165, 1.54) is 12.5 Å². The van der Waals surface area contributed by atoms with Gasteiger partial charge >= 0.3 is 0 Å². The molecule has 2 heterocycles. The summed E-state index contributed by atoms with van der Waals surface area (Å²) in [5.41, 5.74) is 0.960. The fraction of sp³-hybridized carbons (Fsp3) is 0.654. The predicted molar refractivity (Wildman–Crippen MR) is 127 cm³/mol. The fourth-order valence-corrected chi connectivity index (χ4v) is 6.43. The first-order chi connectivity index (χ1) is 15.2. The van der Waals surface area contributed by atoms with Crippen molar-refractivity contribution in [1.82, 2.24) is 9.47 Å². The maximum Gasteiger partial charge on any atom is 0.231 e.